The molecule has 0 saturated carbocycles. The number of carbonyl (C=O) groups is 1. The van der Waals surface area contributed by atoms with Crippen LogP contribution in [-0.2, 0) is 0 Å². The van der Waals surface area contributed by atoms with Crippen LogP contribution in [0.2, 0.25) is 0 Å². The summed E-state index contributed by atoms with van der Waals surface area (Å²) in [5.74, 6) is -2.13. The fourth-order valence-corrected chi connectivity index (χ4v) is 1.86. The van der Waals surface area contributed by atoms with E-state index in [1.54, 1.807) is 0 Å². The number of hydrogen-bond donors (Lipinski definition) is 2. The van der Waals surface area contributed by atoms with Gasteiger partial charge in [-0.25, -0.2) is 9.18 Å². The van der Waals surface area contributed by atoms with E-state index < -0.39 is 22.8 Å². The number of halogens is 2. The van der Waals surface area contributed by atoms with Crippen molar-refractivity contribution in [3.05, 3.63) is 44.4 Å². The van der Waals surface area contributed by atoms with Crippen molar-refractivity contribution in [2.24, 2.45) is 0 Å². The van der Waals surface area contributed by atoms with Crippen molar-refractivity contribution in [1.29, 1.82) is 0 Å². The fourth-order valence-electron chi connectivity index (χ4n) is 1.42. The molecular formula is C10H5BrFNO3. The number of pyridine rings is 1. The van der Waals surface area contributed by atoms with E-state index in [0.717, 1.165) is 12.3 Å². The molecule has 1 aromatic carbocycles. The largest absolute Gasteiger partial charge is 0.477 e. The summed E-state index contributed by atoms with van der Waals surface area (Å²) >= 11 is 3.14. The van der Waals surface area contributed by atoms with Crippen molar-refractivity contribution in [2.45, 2.75) is 0 Å². The van der Waals surface area contributed by atoms with Gasteiger partial charge in [-0.1, -0.05) is 0 Å². The highest BCUT2D eigenvalue weighted by Gasteiger charge is 2.15. The minimum Gasteiger partial charge on any atom is -0.477 e. The summed E-state index contributed by atoms with van der Waals surface area (Å²) in [6, 6.07) is 2.54. The number of fused-ring (bicyclic) bond motifs is 1. The van der Waals surface area contributed by atoms with E-state index in [1.165, 1.54) is 6.07 Å². The van der Waals surface area contributed by atoms with Gasteiger partial charge >= 0.3 is 5.97 Å². The van der Waals surface area contributed by atoms with Crippen LogP contribution in [0.5, 0.6) is 0 Å². The Balaban J connectivity index is 3.00. The molecule has 0 aliphatic rings. The Morgan fingerprint density at radius 3 is 2.75 bits per heavy atom. The first-order chi connectivity index (χ1) is 7.52. The zero-order chi connectivity index (χ0) is 11.9. The number of hydrogen-bond acceptors (Lipinski definition) is 2. The number of nitrogens with one attached hydrogen (secondary N) is 1. The average molecular weight is 286 g/mol. The predicted octanol–water partition coefficient (Wildman–Crippen LogP) is 2.13. The topological polar surface area (TPSA) is 70.2 Å². The second-order valence-electron chi connectivity index (χ2n) is 3.12. The number of aromatic amines is 1. The third-order valence-electron chi connectivity index (χ3n) is 2.17. The fraction of sp³-hybridized carbons (Fsp3) is 0. The molecule has 16 heavy (non-hydrogen) atoms. The molecule has 0 fully saturated rings. The Morgan fingerprint density at radius 2 is 2.12 bits per heavy atom. The molecule has 0 aliphatic carbocycles. The highest BCUT2D eigenvalue weighted by molar-refractivity contribution is 9.10. The molecule has 2 aromatic rings. The molecule has 2 N–H and O–H groups in total. The maximum Gasteiger partial charge on any atom is 0.341 e. The summed E-state index contributed by atoms with van der Waals surface area (Å²) in [4.78, 5) is 25.0. The number of carboxylic acid groups (broad SMARTS) is 1. The van der Waals surface area contributed by atoms with Gasteiger partial charge < -0.3 is 10.1 Å². The van der Waals surface area contributed by atoms with Crippen LogP contribution in [0, 0.1) is 5.82 Å². The molecule has 0 spiro atoms. The Labute approximate surface area is 96.8 Å². The maximum absolute atomic E-state index is 13.4. The smallest absolute Gasteiger partial charge is 0.341 e. The quantitative estimate of drug-likeness (QED) is 0.843. The van der Waals surface area contributed by atoms with Crippen molar-refractivity contribution in [3.8, 4) is 0 Å². The lowest BCUT2D eigenvalue weighted by molar-refractivity contribution is 0.0695. The van der Waals surface area contributed by atoms with E-state index in [-0.39, 0.29) is 10.9 Å². The van der Waals surface area contributed by atoms with Crippen LogP contribution in [0.4, 0.5) is 4.39 Å². The lowest BCUT2D eigenvalue weighted by Crippen LogP contribution is -2.16. The first kappa shape index (κ1) is 10.8. The van der Waals surface area contributed by atoms with E-state index in [0.29, 0.717) is 4.47 Å². The van der Waals surface area contributed by atoms with Crippen LogP contribution in [0.1, 0.15) is 10.4 Å². The Hall–Kier alpha value is -1.69. The summed E-state index contributed by atoms with van der Waals surface area (Å²) < 4.78 is 13.9. The van der Waals surface area contributed by atoms with E-state index >= 15 is 0 Å². The van der Waals surface area contributed by atoms with Gasteiger partial charge in [0.25, 0.3) is 0 Å². The minimum atomic E-state index is -1.39. The minimum absolute atomic E-state index is 0.245. The van der Waals surface area contributed by atoms with Crippen molar-refractivity contribution in [2.75, 3.05) is 0 Å². The lowest BCUT2D eigenvalue weighted by Gasteiger charge is -2.02. The van der Waals surface area contributed by atoms with Gasteiger partial charge in [-0.2, -0.15) is 0 Å². The first-order valence-corrected chi connectivity index (χ1v) is 5.04. The molecule has 0 aliphatic heterocycles. The van der Waals surface area contributed by atoms with Gasteiger partial charge in [0.15, 0.2) is 0 Å². The van der Waals surface area contributed by atoms with Crippen LogP contribution in [0.15, 0.2) is 27.6 Å². The summed E-state index contributed by atoms with van der Waals surface area (Å²) in [5, 5.41) is 8.48. The second kappa shape index (κ2) is 3.71. The first-order valence-electron chi connectivity index (χ1n) is 4.25. The molecule has 0 unspecified atom stereocenters. The molecular weight excluding hydrogens is 281 g/mol. The van der Waals surface area contributed by atoms with Gasteiger partial charge in [0.1, 0.15) is 11.4 Å². The summed E-state index contributed by atoms with van der Waals surface area (Å²) in [5.41, 5.74) is -1.07. The Bertz CT molecular complexity index is 650. The summed E-state index contributed by atoms with van der Waals surface area (Å²) in [6.07, 6.45) is 1.05. The van der Waals surface area contributed by atoms with Crippen molar-refractivity contribution in [3.63, 3.8) is 0 Å². The van der Waals surface area contributed by atoms with Crippen LogP contribution < -0.4 is 5.43 Å². The van der Waals surface area contributed by atoms with Gasteiger partial charge in [0.2, 0.25) is 5.43 Å². The number of H-pyrrole nitrogens is 1. The number of aromatic carboxylic acids is 1. The van der Waals surface area contributed by atoms with E-state index in [9.17, 15) is 14.0 Å². The summed E-state index contributed by atoms with van der Waals surface area (Å²) in [7, 11) is 0. The van der Waals surface area contributed by atoms with Gasteiger partial charge in [0, 0.05) is 10.7 Å². The number of rotatable bonds is 1. The van der Waals surface area contributed by atoms with Crippen molar-refractivity contribution < 1.29 is 14.3 Å². The Kier molecular flexibility index (Phi) is 2.51. The monoisotopic (exact) mass is 285 g/mol. The molecule has 0 bridgehead atoms. The lowest BCUT2D eigenvalue weighted by atomic mass is 10.1. The highest BCUT2D eigenvalue weighted by atomic mass is 79.9. The van der Waals surface area contributed by atoms with Crippen molar-refractivity contribution in [1.82, 2.24) is 4.98 Å². The standard InChI is InChI=1S/C10H5BrFNO3/c11-5-1-2-6(12)7-8(5)13-3-4(9(7)14)10(15)16/h1-3H,(H,13,14)(H,15,16). The zero-order valence-electron chi connectivity index (χ0n) is 7.75. The molecule has 4 nitrogen and oxygen atoms in total. The number of carboxylic acids is 1. The van der Waals surface area contributed by atoms with Crippen LogP contribution in [0.25, 0.3) is 10.9 Å². The molecule has 0 saturated heterocycles. The SMILES string of the molecule is O=C(O)c1c[nH]c2c(Br)ccc(F)c2c1=O. The van der Waals surface area contributed by atoms with Gasteiger partial charge in [-0.15, -0.1) is 0 Å². The molecule has 0 radical (unpaired) electrons. The Morgan fingerprint density at radius 1 is 1.44 bits per heavy atom. The van der Waals surface area contributed by atoms with Crippen LogP contribution in [0.3, 0.4) is 0 Å². The van der Waals surface area contributed by atoms with Crippen molar-refractivity contribution >= 4 is 32.8 Å². The molecule has 2 rings (SSSR count). The van der Waals surface area contributed by atoms with Gasteiger partial charge in [-0.3, -0.25) is 4.79 Å². The molecule has 1 heterocycles. The molecule has 82 valence electrons. The highest BCUT2D eigenvalue weighted by Crippen LogP contribution is 2.22. The maximum atomic E-state index is 13.4. The second-order valence-corrected chi connectivity index (χ2v) is 3.97. The predicted molar refractivity (Wildman–Crippen MR) is 59.2 cm³/mol. The molecule has 0 atom stereocenters. The molecule has 0 amide bonds. The van der Waals surface area contributed by atoms with Crippen LogP contribution in [-0.4, -0.2) is 16.1 Å². The molecule has 6 heteroatoms. The van der Waals surface area contributed by atoms with E-state index in [1.807, 2.05) is 0 Å². The van der Waals surface area contributed by atoms with Crippen LogP contribution >= 0.6 is 15.9 Å². The molecule has 1 aromatic heterocycles. The van der Waals surface area contributed by atoms with E-state index in [4.69, 9.17) is 5.11 Å². The normalized spacial score (nSPS) is 10.6. The zero-order valence-corrected chi connectivity index (χ0v) is 9.34. The van der Waals surface area contributed by atoms with E-state index in [2.05, 4.69) is 20.9 Å². The van der Waals surface area contributed by atoms with Gasteiger partial charge in [-0.05, 0) is 28.1 Å². The number of aromatic nitrogens is 1. The average Bonchev–Trinajstić information content (AvgIpc) is 2.23. The third-order valence-corrected chi connectivity index (χ3v) is 2.83. The number of benzene rings is 1. The summed E-state index contributed by atoms with van der Waals surface area (Å²) in [6.45, 7) is 0. The van der Waals surface area contributed by atoms with Gasteiger partial charge in [0.05, 0.1) is 10.9 Å². The third kappa shape index (κ3) is 1.51.